The predicted octanol–water partition coefficient (Wildman–Crippen LogP) is 0.633. The van der Waals surface area contributed by atoms with Crippen LogP contribution in [0.1, 0.15) is 6.92 Å². The van der Waals surface area contributed by atoms with E-state index in [1.165, 1.54) is 6.92 Å². The number of rotatable bonds is 1. The highest BCUT2D eigenvalue weighted by molar-refractivity contribution is 7.32. The van der Waals surface area contributed by atoms with Crippen LogP contribution < -0.4 is 0 Å². The quantitative estimate of drug-likeness (QED) is 0.406. The Balaban J connectivity index is 3.26. The number of hydrogen-bond donors (Lipinski definition) is 1. The molecule has 0 aliphatic carbocycles. The van der Waals surface area contributed by atoms with E-state index in [1.807, 2.05) is 6.11 Å². The third kappa shape index (κ3) is 5.42. The van der Waals surface area contributed by atoms with Crippen LogP contribution in [0.15, 0.2) is 0 Å². The van der Waals surface area contributed by atoms with Gasteiger partial charge in [-0.3, -0.25) is 0 Å². The summed E-state index contributed by atoms with van der Waals surface area (Å²) in [5.74, 6) is 2.28. The van der Waals surface area contributed by atoms with Gasteiger partial charge in [-0.2, -0.15) is 4.52 Å². The van der Waals surface area contributed by atoms with E-state index >= 15 is 0 Å². The van der Waals surface area contributed by atoms with Crippen LogP contribution in [0.4, 0.5) is 0 Å². The predicted molar refractivity (Wildman–Crippen MR) is 24.4 cm³/mol. The molecule has 0 aromatic heterocycles. The molecule has 0 fully saturated rings. The van der Waals surface area contributed by atoms with Crippen molar-refractivity contribution in [2.24, 2.45) is 0 Å². The molecule has 0 aromatic rings. The molecule has 0 bridgehead atoms. The maximum absolute atomic E-state index is 9.58. The Hall–Kier alpha value is -0.580. The number of hydrogen-bond acceptors (Lipinski definition) is 2. The Bertz CT molecular complexity index is 120. The molecule has 1 N–H and O–H groups in total. The molecule has 38 valence electrons. The topological polar surface area (TPSA) is 46.5 Å². The van der Waals surface area contributed by atoms with E-state index in [1.54, 1.807) is 0 Å². The average Bonchev–Trinajstić information content (AvgIpc) is 1.61. The molecule has 0 saturated carbocycles. The van der Waals surface area contributed by atoms with Crippen LogP contribution in [-0.2, 0) is 9.09 Å². The fourth-order valence-corrected chi connectivity index (χ4v) is 0.254. The Kier molecular flexibility index (Phi) is 3.31. The van der Waals surface area contributed by atoms with Gasteiger partial charge in [0.05, 0.1) is 0 Å². The van der Waals surface area contributed by atoms with Gasteiger partial charge < -0.3 is 0 Å². The Labute approximate surface area is 42.3 Å². The van der Waals surface area contributed by atoms with E-state index in [0.29, 0.717) is 0 Å². The smallest absolute Gasteiger partial charge is 0.173 e. The van der Waals surface area contributed by atoms with E-state index < -0.39 is 8.25 Å². The minimum Gasteiger partial charge on any atom is -0.173 e. The molecule has 1 unspecified atom stereocenters. The third-order valence-electron chi connectivity index (χ3n) is 0.226. The molecule has 0 aliphatic rings. The van der Waals surface area contributed by atoms with Gasteiger partial charge in [0, 0.05) is 11.5 Å². The standard InChI is InChI=1S/C3H3O3P/c1-2-3-6-7(4)5/h1H3/p+1. The molecule has 0 rings (SSSR count). The lowest BCUT2D eigenvalue weighted by atomic mass is 10.8. The molecule has 0 amide bonds. The monoisotopic (exact) mass is 119 g/mol. The highest BCUT2D eigenvalue weighted by atomic mass is 31.1. The lowest BCUT2D eigenvalue weighted by Crippen LogP contribution is -1.59. The second kappa shape index (κ2) is 3.60. The zero-order chi connectivity index (χ0) is 5.70. The second-order valence-corrected chi connectivity index (χ2v) is 1.34. The van der Waals surface area contributed by atoms with Crippen LogP contribution in [0.5, 0.6) is 0 Å². The molecule has 4 heteroatoms. The molecule has 0 aliphatic heterocycles. The molecular formula is C3H4O3P+. The summed E-state index contributed by atoms with van der Waals surface area (Å²) in [6.45, 7) is 1.51. The highest BCUT2D eigenvalue weighted by Gasteiger charge is 2.07. The van der Waals surface area contributed by atoms with E-state index in [9.17, 15) is 4.57 Å². The largest absolute Gasteiger partial charge is 0.756 e. The van der Waals surface area contributed by atoms with Gasteiger partial charge in [0.15, 0.2) is 6.11 Å². The molecule has 0 heterocycles. The van der Waals surface area contributed by atoms with Gasteiger partial charge in [-0.05, 0) is 0 Å². The van der Waals surface area contributed by atoms with Gasteiger partial charge in [0.2, 0.25) is 0 Å². The second-order valence-electron chi connectivity index (χ2n) is 0.681. The summed E-state index contributed by atoms with van der Waals surface area (Å²) in [6, 6.07) is 0. The van der Waals surface area contributed by atoms with Crippen molar-refractivity contribution in [3.63, 3.8) is 0 Å². The van der Waals surface area contributed by atoms with Gasteiger partial charge in [0.1, 0.15) is 0 Å². The zero-order valence-electron chi connectivity index (χ0n) is 3.71. The van der Waals surface area contributed by atoms with Crippen LogP contribution in [0.2, 0.25) is 0 Å². The summed E-state index contributed by atoms with van der Waals surface area (Å²) >= 11 is 0. The van der Waals surface area contributed by atoms with Crippen molar-refractivity contribution < 1.29 is 14.0 Å². The average molecular weight is 119 g/mol. The minimum atomic E-state index is -2.53. The molecule has 0 radical (unpaired) electrons. The fourth-order valence-electron chi connectivity index (χ4n) is 0.0847. The van der Waals surface area contributed by atoms with Crippen LogP contribution in [0, 0.1) is 12.0 Å². The first kappa shape index (κ1) is 6.42. The molecule has 0 saturated heterocycles. The van der Waals surface area contributed by atoms with E-state index in [4.69, 9.17) is 4.89 Å². The lowest BCUT2D eigenvalue weighted by Gasteiger charge is -1.60. The summed E-state index contributed by atoms with van der Waals surface area (Å²) in [5, 5.41) is 0. The summed E-state index contributed by atoms with van der Waals surface area (Å²) in [6.07, 6.45) is 1.96. The van der Waals surface area contributed by atoms with E-state index in [2.05, 4.69) is 10.4 Å². The maximum atomic E-state index is 9.58. The Morgan fingerprint density at radius 1 is 1.86 bits per heavy atom. The van der Waals surface area contributed by atoms with Crippen molar-refractivity contribution in [2.75, 3.05) is 0 Å². The van der Waals surface area contributed by atoms with Gasteiger partial charge in [-0.1, -0.05) is 5.92 Å². The van der Waals surface area contributed by atoms with Crippen LogP contribution in [-0.4, -0.2) is 4.89 Å². The van der Waals surface area contributed by atoms with Gasteiger partial charge in [-0.15, -0.1) is 4.89 Å². The highest BCUT2D eigenvalue weighted by Crippen LogP contribution is 2.11. The van der Waals surface area contributed by atoms with Crippen LogP contribution in [0.25, 0.3) is 0 Å². The summed E-state index contributed by atoms with van der Waals surface area (Å²) in [4.78, 5) is 7.87. The van der Waals surface area contributed by atoms with Crippen molar-refractivity contribution in [3.05, 3.63) is 0 Å². The van der Waals surface area contributed by atoms with Gasteiger partial charge in [-0.25, -0.2) is 0 Å². The molecule has 7 heavy (non-hydrogen) atoms. The molecule has 0 spiro atoms. The van der Waals surface area contributed by atoms with Crippen molar-refractivity contribution in [1.82, 2.24) is 0 Å². The molecule has 0 aromatic carbocycles. The van der Waals surface area contributed by atoms with E-state index in [0.717, 1.165) is 0 Å². The maximum Gasteiger partial charge on any atom is 0.756 e. The van der Waals surface area contributed by atoms with Crippen molar-refractivity contribution in [3.8, 4) is 12.0 Å². The first-order valence-electron chi connectivity index (χ1n) is 1.52. The van der Waals surface area contributed by atoms with E-state index in [-0.39, 0.29) is 0 Å². The Morgan fingerprint density at radius 3 is 2.57 bits per heavy atom. The van der Waals surface area contributed by atoms with Crippen molar-refractivity contribution >= 4 is 8.25 Å². The fraction of sp³-hybridized carbons (Fsp3) is 0.333. The Morgan fingerprint density at radius 2 is 2.43 bits per heavy atom. The first-order chi connectivity index (χ1) is 3.27. The molecular weight excluding hydrogens is 115 g/mol. The summed E-state index contributed by atoms with van der Waals surface area (Å²) in [5.41, 5.74) is 0. The summed E-state index contributed by atoms with van der Waals surface area (Å²) < 4.78 is 13.5. The van der Waals surface area contributed by atoms with Crippen molar-refractivity contribution in [1.29, 1.82) is 0 Å². The van der Waals surface area contributed by atoms with Crippen molar-refractivity contribution in [2.45, 2.75) is 6.92 Å². The minimum absolute atomic E-state index is 1.51. The third-order valence-corrected chi connectivity index (χ3v) is 0.473. The van der Waals surface area contributed by atoms with Gasteiger partial charge in [0.25, 0.3) is 0 Å². The molecule has 3 nitrogen and oxygen atoms in total. The first-order valence-corrected chi connectivity index (χ1v) is 2.65. The van der Waals surface area contributed by atoms with Crippen LogP contribution >= 0.6 is 8.25 Å². The normalized spacial score (nSPS) is 8.57. The zero-order valence-corrected chi connectivity index (χ0v) is 4.61. The van der Waals surface area contributed by atoms with Crippen LogP contribution in [0.3, 0.4) is 0 Å². The lowest BCUT2D eigenvalue weighted by molar-refractivity contribution is 0.394. The SMILES string of the molecule is CC#CO[P+](=O)O. The summed E-state index contributed by atoms with van der Waals surface area (Å²) in [7, 11) is -2.53. The van der Waals surface area contributed by atoms with Gasteiger partial charge >= 0.3 is 8.25 Å². The molecule has 1 atom stereocenters.